The van der Waals surface area contributed by atoms with Crippen LogP contribution in [0.3, 0.4) is 0 Å². The van der Waals surface area contributed by atoms with Gasteiger partial charge in [0, 0.05) is 17.6 Å². The van der Waals surface area contributed by atoms with Gasteiger partial charge in [0.1, 0.15) is 5.15 Å². The number of benzene rings is 1. The van der Waals surface area contributed by atoms with E-state index in [1.165, 1.54) is 0 Å². The van der Waals surface area contributed by atoms with Gasteiger partial charge < -0.3 is 0 Å². The van der Waals surface area contributed by atoms with E-state index in [1.807, 2.05) is 31.3 Å². The normalized spacial score (nSPS) is 10.5. The zero-order valence-electron chi connectivity index (χ0n) is 7.54. The predicted molar refractivity (Wildman–Crippen MR) is 58.7 cm³/mol. The van der Waals surface area contributed by atoms with Gasteiger partial charge in [0.25, 0.3) is 0 Å². The lowest BCUT2D eigenvalue weighted by Crippen LogP contribution is -1.88. The lowest BCUT2D eigenvalue weighted by Gasteiger charge is -1.98. The average molecular weight is 227 g/mol. The van der Waals surface area contributed by atoms with Gasteiger partial charge in [0.2, 0.25) is 0 Å². The van der Waals surface area contributed by atoms with Crippen molar-refractivity contribution in [2.45, 2.75) is 0 Å². The zero-order chi connectivity index (χ0) is 10.1. The molecule has 4 heteroatoms. The quantitative estimate of drug-likeness (QED) is 0.730. The molecule has 72 valence electrons. The van der Waals surface area contributed by atoms with Gasteiger partial charge in [-0.2, -0.15) is 5.10 Å². The maximum Gasteiger partial charge on any atom is 0.134 e. The smallest absolute Gasteiger partial charge is 0.134 e. The van der Waals surface area contributed by atoms with Gasteiger partial charge >= 0.3 is 0 Å². The van der Waals surface area contributed by atoms with E-state index in [1.54, 1.807) is 10.9 Å². The fourth-order valence-corrected chi connectivity index (χ4v) is 1.57. The van der Waals surface area contributed by atoms with Crippen LogP contribution in [0.2, 0.25) is 10.2 Å². The van der Waals surface area contributed by atoms with Crippen LogP contribution in [-0.4, -0.2) is 9.78 Å². The molecule has 1 heterocycles. The summed E-state index contributed by atoms with van der Waals surface area (Å²) in [5.41, 5.74) is 1.94. The van der Waals surface area contributed by atoms with Crippen molar-refractivity contribution in [1.82, 2.24) is 9.78 Å². The predicted octanol–water partition coefficient (Wildman–Crippen LogP) is 3.39. The second kappa shape index (κ2) is 3.64. The van der Waals surface area contributed by atoms with Crippen molar-refractivity contribution in [3.8, 4) is 11.1 Å². The SMILES string of the molecule is Cn1ncc(-c2ccc(Cl)cc2)c1Cl. The minimum Gasteiger partial charge on any atom is -0.256 e. The fraction of sp³-hybridized carbons (Fsp3) is 0.100. The van der Waals surface area contributed by atoms with Crippen LogP contribution in [0.25, 0.3) is 11.1 Å². The molecule has 1 aromatic carbocycles. The van der Waals surface area contributed by atoms with Crippen LogP contribution < -0.4 is 0 Å². The standard InChI is InChI=1S/C10H8Cl2N2/c1-14-10(12)9(6-13-14)7-2-4-8(11)5-3-7/h2-6H,1H3. The molecule has 2 nitrogen and oxygen atoms in total. The third-order valence-corrected chi connectivity index (χ3v) is 2.72. The summed E-state index contributed by atoms with van der Waals surface area (Å²) in [6.07, 6.45) is 1.74. The topological polar surface area (TPSA) is 17.8 Å². The van der Waals surface area contributed by atoms with Gasteiger partial charge in [-0.25, -0.2) is 0 Å². The largest absolute Gasteiger partial charge is 0.256 e. The Morgan fingerprint density at radius 1 is 1.14 bits per heavy atom. The Kier molecular flexibility index (Phi) is 2.48. The highest BCUT2D eigenvalue weighted by molar-refractivity contribution is 6.32. The second-order valence-electron chi connectivity index (χ2n) is 2.98. The molecule has 0 aliphatic carbocycles. The first kappa shape index (κ1) is 9.56. The number of nitrogens with zero attached hydrogens (tertiary/aromatic N) is 2. The first-order valence-electron chi connectivity index (χ1n) is 4.12. The highest BCUT2D eigenvalue weighted by Gasteiger charge is 2.07. The molecule has 0 aliphatic heterocycles. The average Bonchev–Trinajstić information content (AvgIpc) is 2.50. The van der Waals surface area contributed by atoms with Gasteiger partial charge in [0.15, 0.2) is 0 Å². The first-order valence-corrected chi connectivity index (χ1v) is 4.87. The maximum absolute atomic E-state index is 6.05. The number of hydrogen-bond acceptors (Lipinski definition) is 1. The Labute approximate surface area is 92.1 Å². The van der Waals surface area contributed by atoms with E-state index in [0.29, 0.717) is 10.2 Å². The van der Waals surface area contributed by atoms with Crippen molar-refractivity contribution in [3.05, 3.63) is 40.6 Å². The van der Waals surface area contributed by atoms with Crippen molar-refractivity contribution < 1.29 is 0 Å². The van der Waals surface area contributed by atoms with Gasteiger partial charge in [-0.15, -0.1) is 0 Å². The maximum atomic E-state index is 6.05. The van der Waals surface area contributed by atoms with Crippen LogP contribution in [0.4, 0.5) is 0 Å². The van der Waals surface area contributed by atoms with Crippen molar-refractivity contribution in [1.29, 1.82) is 0 Å². The number of halogens is 2. The summed E-state index contributed by atoms with van der Waals surface area (Å²) < 4.78 is 1.63. The lowest BCUT2D eigenvalue weighted by molar-refractivity contribution is 0.769. The number of hydrogen-bond donors (Lipinski definition) is 0. The highest BCUT2D eigenvalue weighted by atomic mass is 35.5. The van der Waals surface area contributed by atoms with Crippen molar-refractivity contribution >= 4 is 23.2 Å². The molecule has 14 heavy (non-hydrogen) atoms. The molecule has 0 spiro atoms. The molecular formula is C10H8Cl2N2. The van der Waals surface area contributed by atoms with Crippen LogP contribution in [0.1, 0.15) is 0 Å². The molecule has 0 amide bonds. The van der Waals surface area contributed by atoms with Crippen LogP contribution >= 0.6 is 23.2 Å². The van der Waals surface area contributed by atoms with Crippen molar-refractivity contribution in [2.24, 2.45) is 7.05 Å². The van der Waals surface area contributed by atoms with Crippen LogP contribution in [-0.2, 0) is 7.05 Å². The zero-order valence-corrected chi connectivity index (χ0v) is 9.05. The minimum atomic E-state index is 0.632. The number of rotatable bonds is 1. The molecule has 2 rings (SSSR count). The van der Waals surface area contributed by atoms with Crippen LogP contribution in [0, 0.1) is 0 Å². The summed E-state index contributed by atoms with van der Waals surface area (Å²) in [6, 6.07) is 7.51. The summed E-state index contributed by atoms with van der Waals surface area (Å²) in [5, 5.41) is 5.41. The van der Waals surface area contributed by atoms with Gasteiger partial charge in [0.05, 0.1) is 6.20 Å². The third kappa shape index (κ3) is 1.63. The summed E-state index contributed by atoms with van der Waals surface area (Å²) in [4.78, 5) is 0. The Hall–Kier alpha value is -0.990. The monoisotopic (exact) mass is 226 g/mol. The molecule has 0 aliphatic rings. The van der Waals surface area contributed by atoms with E-state index in [-0.39, 0.29) is 0 Å². The van der Waals surface area contributed by atoms with Gasteiger partial charge in [-0.1, -0.05) is 35.3 Å². The summed E-state index contributed by atoms with van der Waals surface area (Å²) in [7, 11) is 1.81. The van der Waals surface area contributed by atoms with Gasteiger partial charge in [-0.3, -0.25) is 4.68 Å². The molecule has 0 saturated heterocycles. The first-order chi connectivity index (χ1) is 6.68. The molecular weight excluding hydrogens is 219 g/mol. The second-order valence-corrected chi connectivity index (χ2v) is 3.77. The molecule has 0 bridgehead atoms. The Morgan fingerprint density at radius 2 is 1.79 bits per heavy atom. The van der Waals surface area contributed by atoms with E-state index in [9.17, 15) is 0 Å². The lowest BCUT2D eigenvalue weighted by atomic mass is 10.1. The van der Waals surface area contributed by atoms with Crippen LogP contribution in [0.15, 0.2) is 30.5 Å². The van der Waals surface area contributed by atoms with E-state index in [0.717, 1.165) is 11.1 Å². The number of aryl methyl sites for hydroxylation is 1. The third-order valence-electron chi connectivity index (χ3n) is 2.02. The van der Waals surface area contributed by atoms with E-state index in [2.05, 4.69) is 5.10 Å². The fourth-order valence-electron chi connectivity index (χ4n) is 1.25. The van der Waals surface area contributed by atoms with Crippen molar-refractivity contribution in [3.63, 3.8) is 0 Å². The van der Waals surface area contributed by atoms with E-state index < -0.39 is 0 Å². The summed E-state index contributed by atoms with van der Waals surface area (Å²) in [6.45, 7) is 0. The molecule has 0 fully saturated rings. The Bertz CT molecular complexity index is 446. The molecule has 1 aromatic heterocycles. The molecule has 0 saturated carbocycles. The Balaban J connectivity index is 2.49. The number of aromatic nitrogens is 2. The molecule has 0 unspecified atom stereocenters. The molecule has 0 N–H and O–H groups in total. The minimum absolute atomic E-state index is 0.632. The highest BCUT2D eigenvalue weighted by Crippen LogP contribution is 2.27. The van der Waals surface area contributed by atoms with Crippen molar-refractivity contribution in [2.75, 3.05) is 0 Å². The van der Waals surface area contributed by atoms with E-state index >= 15 is 0 Å². The van der Waals surface area contributed by atoms with Crippen LogP contribution in [0.5, 0.6) is 0 Å². The van der Waals surface area contributed by atoms with E-state index in [4.69, 9.17) is 23.2 Å². The summed E-state index contributed by atoms with van der Waals surface area (Å²) >= 11 is 11.8. The summed E-state index contributed by atoms with van der Waals surface area (Å²) in [5.74, 6) is 0. The van der Waals surface area contributed by atoms with Gasteiger partial charge in [-0.05, 0) is 17.7 Å². The molecule has 0 radical (unpaired) electrons. The Morgan fingerprint density at radius 3 is 2.29 bits per heavy atom. The molecule has 2 aromatic rings. The molecule has 0 atom stereocenters.